The van der Waals surface area contributed by atoms with Crippen LogP contribution in [0.3, 0.4) is 0 Å². The molecule has 0 bridgehead atoms. The van der Waals surface area contributed by atoms with Gasteiger partial charge in [-0.3, -0.25) is 14.4 Å². The molecule has 1 aliphatic carbocycles. The molecule has 3 aromatic rings. The van der Waals surface area contributed by atoms with Gasteiger partial charge >= 0.3 is 30.0 Å². The zero-order valence-corrected chi connectivity index (χ0v) is 23.9. The lowest BCUT2D eigenvalue weighted by atomic mass is 10.1. The molecule has 0 saturated heterocycles. The van der Waals surface area contributed by atoms with E-state index in [9.17, 15) is 37.5 Å². The first kappa shape index (κ1) is 32.7. The minimum atomic E-state index is -4.63. The van der Waals surface area contributed by atoms with Crippen LogP contribution in [0.5, 0.6) is 6.01 Å². The predicted molar refractivity (Wildman–Crippen MR) is 153 cm³/mol. The Kier molecular flexibility index (Phi) is 9.91. The Hall–Kier alpha value is -5.19. The van der Waals surface area contributed by atoms with E-state index in [0.717, 1.165) is 5.56 Å². The van der Waals surface area contributed by atoms with Crippen LogP contribution in [0, 0.1) is 0 Å². The number of nitrogens with one attached hydrogen (secondary N) is 4. The summed E-state index contributed by atoms with van der Waals surface area (Å²) in [5.74, 6) is -4.77. The van der Waals surface area contributed by atoms with Gasteiger partial charge in [0, 0.05) is 22.8 Å². The van der Waals surface area contributed by atoms with Gasteiger partial charge in [0.1, 0.15) is 6.04 Å². The highest BCUT2D eigenvalue weighted by Gasteiger charge is 2.45. The van der Waals surface area contributed by atoms with E-state index in [4.69, 9.17) is 22.1 Å². The van der Waals surface area contributed by atoms with Crippen molar-refractivity contribution in [2.24, 2.45) is 5.73 Å². The SMILES string of the molecule is NC(=O)C(=O)N[C@H](CCNC(=O)c1ccc(Nc2nc(NC3(c4ccc(Cl)cc4)CC3)nc(OCC(F)(F)F)n2)cc1)C(=O)O. The summed E-state index contributed by atoms with van der Waals surface area (Å²) >= 11 is 5.99. The maximum Gasteiger partial charge on any atom is 0.422 e. The van der Waals surface area contributed by atoms with Crippen LogP contribution in [0.2, 0.25) is 5.02 Å². The summed E-state index contributed by atoms with van der Waals surface area (Å²) in [6, 6.07) is 10.9. The Bertz CT molecular complexity index is 1570. The number of carboxylic acids is 1. The van der Waals surface area contributed by atoms with Gasteiger partial charge in [-0.2, -0.15) is 28.1 Å². The molecule has 238 valence electrons. The van der Waals surface area contributed by atoms with Gasteiger partial charge in [-0.15, -0.1) is 0 Å². The maximum absolute atomic E-state index is 12.8. The van der Waals surface area contributed by atoms with Crippen molar-refractivity contribution in [3.05, 3.63) is 64.7 Å². The van der Waals surface area contributed by atoms with E-state index in [1.54, 1.807) is 12.1 Å². The van der Waals surface area contributed by atoms with E-state index in [2.05, 4.69) is 30.9 Å². The Morgan fingerprint density at radius 3 is 2.22 bits per heavy atom. The second-order valence-corrected chi connectivity index (χ2v) is 10.3. The number of amides is 3. The second kappa shape index (κ2) is 13.6. The monoisotopic (exact) mass is 650 g/mol. The quantitative estimate of drug-likeness (QED) is 0.148. The summed E-state index contributed by atoms with van der Waals surface area (Å²) in [6.07, 6.45) is -3.43. The number of ether oxygens (including phenoxy) is 1. The number of hydrogen-bond acceptors (Lipinski definition) is 10. The lowest BCUT2D eigenvalue weighted by Gasteiger charge is -2.19. The lowest BCUT2D eigenvalue weighted by molar-refractivity contribution is -0.154. The Balaban J connectivity index is 1.43. The number of primary amides is 1. The standard InChI is InChI=1S/C27H26ClF3N8O6/c28-16-5-3-15(4-6-16)26(10-11-26)39-24-36-23(37-25(38-24)45-13-27(29,30)31)34-17-7-1-14(2-8-17)20(41)33-12-9-18(22(43)44)35-21(42)19(32)40/h1-8,18H,9-13H2,(H2,32,40)(H,33,41)(H,35,42)(H,43,44)(H2,34,36,37,38,39)/t18-/m1/s1. The van der Waals surface area contributed by atoms with Crippen LogP contribution in [0.15, 0.2) is 48.5 Å². The number of carbonyl (C=O) groups excluding carboxylic acids is 3. The first-order valence-electron chi connectivity index (χ1n) is 13.2. The lowest BCUT2D eigenvalue weighted by Crippen LogP contribution is -2.47. The van der Waals surface area contributed by atoms with Crippen molar-refractivity contribution in [1.82, 2.24) is 25.6 Å². The number of aromatic nitrogens is 3. The van der Waals surface area contributed by atoms with Crippen LogP contribution in [-0.2, 0) is 19.9 Å². The van der Waals surface area contributed by atoms with Gasteiger partial charge < -0.3 is 36.8 Å². The van der Waals surface area contributed by atoms with E-state index in [1.807, 2.05) is 17.4 Å². The number of benzene rings is 2. The molecule has 1 heterocycles. The van der Waals surface area contributed by atoms with Crippen molar-refractivity contribution < 1.29 is 42.2 Å². The molecule has 3 amide bonds. The number of halogens is 4. The highest BCUT2D eigenvalue weighted by atomic mass is 35.5. The van der Waals surface area contributed by atoms with E-state index >= 15 is 0 Å². The second-order valence-electron chi connectivity index (χ2n) is 9.86. The third-order valence-corrected chi connectivity index (χ3v) is 6.68. The summed E-state index contributed by atoms with van der Waals surface area (Å²) in [5.41, 5.74) is 5.70. The average Bonchev–Trinajstić information content (AvgIpc) is 3.75. The summed E-state index contributed by atoms with van der Waals surface area (Å²) in [6.45, 7) is -1.78. The molecule has 0 radical (unpaired) electrons. The first-order valence-corrected chi connectivity index (χ1v) is 13.6. The van der Waals surface area contributed by atoms with Crippen molar-refractivity contribution in [2.45, 2.75) is 37.0 Å². The summed E-state index contributed by atoms with van der Waals surface area (Å²) in [7, 11) is 0. The molecule has 0 unspecified atom stereocenters. The Morgan fingerprint density at radius 1 is 1.00 bits per heavy atom. The third kappa shape index (κ3) is 9.40. The van der Waals surface area contributed by atoms with Gasteiger partial charge in [0.15, 0.2) is 6.61 Å². The third-order valence-electron chi connectivity index (χ3n) is 6.43. The smallest absolute Gasteiger partial charge is 0.422 e. The molecule has 1 atom stereocenters. The van der Waals surface area contributed by atoms with Gasteiger partial charge in [-0.05, 0) is 61.2 Å². The topological polar surface area (TPSA) is 211 Å². The fraction of sp³-hybridized carbons (Fsp3) is 0.296. The van der Waals surface area contributed by atoms with Gasteiger partial charge in [0.25, 0.3) is 5.91 Å². The number of carboxylic acid groups (broad SMARTS) is 1. The van der Waals surface area contributed by atoms with Crippen LogP contribution in [0.4, 0.5) is 30.8 Å². The summed E-state index contributed by atoms with van der Waals surface area (Å²) in [4.78, 5) is 58.3. The van der Waals surface area contributed by atoms with E-state index < -0.39 is 54.1 Å². The van der Waals surface area contributed by atoms with Crippen molar-refractivity contribution >= 4 is 52.9 Å². The fourth-order valence-corrected chi connectivity index (χ4v) is 4.15. The van der Waals surface area contributed by atoms with Crippen molar-refractivity contribution in [2.75, 3.05) is 23.8 Å². The largest absolute Gasteiger partial charge is 0.480 e. The summed E-state index contributed by atoms with van der Waals surface area (Å²) < 4.78 is 43.3. The fourth-order valence-electron chi connectivity index (χ4n) is 4.03. The number of hydrogen-bond donors (Lipinski definition) is 6. The predicted octanol–water partition coefficient (Wildman–Crippen LogP) is 2.49. The number of nitrogens with zero attached hydrogens (tertiary/aromatic N) is 3. The van der Waals surface area contributed by atoms with Crippen LogP contribution in [-0.4, -0.2) is 69.1 Å². The number of aliphatic carboxylic acids is 1. The van der Waals surface area contributed by atoms with Gasteiger partial charge in [0.05, 0.1) is 5.54 Å². The van der Waals surface area contributed by atoms with Gasteiger partial charge in [-0.1, -0.05) is 23.7 Å². The van der Waals surface area contributed by atoms with Crippen LogP contribution < -0.4 is 31.7 Å². The molecule has 1 aromatic heterocycles. The normalized spacial score (nSPS) is 14.0. The number of carbonyl (C=O) groups is 4. The van der Waals surface area contributed by atoms with Crippen molar-refractivity contribution in [1.29, 1.82) is 0 Å². The number of anilines is 3. The minimum absolute atomic E-state index is 0.0280. The molecular formula is C27H26ClF3N8O6. The van der Waals surface area contributed by atoms with E-state index in [0.29, 0.717) is 23.6 Å². The molecule has 0 aliphatic heterocycles. The van der Waals surface area contributed by atoms with Crippen molar-refractivity contribution in [3.63, 3.8) is 0 Å². The molecule has 4 rings (SSSR count). The molecule has 45 heavy (non-hydrogen) atoms. The minimum Gasteiger partial charge on any atom is -0.480 e. The van der Waals surface area contributed by atoms with Crippen molar-refractivity contribution in [3.8, 4) is 6.01 Å². The average molecular weight is 651 g/mol. The molecule has 7 N–H and O–H groups in total. The van der Waals surface area contributed by atoms with Gasteiger partial charge in [-0.25, -0.2) is 4.79 Å². The molecular weight excluding hydrogens is 625 g/mol. The molecule has 18 heteroatoms. The Labute approximate surface area is 257 Å². The Morgan fingerprint density at radius 2 is 1.64 bits per heavy atom. The number of alkyl halides is 3. The molecule has 1 aliphatic rings. The number of nitrogens with two attached hydrogens (primary N) is 1. The zero-order valence-electron chi connectivity index (χ0n) is 23.2. The molecule has 2 aromatic carbocycles. The molecule has 14 nitrogen and oxygen atoms in total. The van der Waals surface area contributed by atoms with Crippen LogP contribution in [0.25, 0.3) is 0 Å². The van der Waals surface area contributed by atoms with E-state index in [1.165, 1.54) is 24.3 Å². The molecule has 1 saturated carbocycles. The van der Waals surface area contributed by atoms with Crippen LogP contribution in [0.1, 0.15) is 35.2 Å². The van der Waals surface area contributed by atoms with Gasteiger partial charge in [0.2, 0.25) is 11.9 Å². The van der Waals surface area contributed by atoms with Crippen LogP contribution >= 0.6 is 11.6 Å². The summed E-state index contributed by atoms with van der Waals surface area (Å²) in [5, 5.41) is 20.2. The first-order chi connectivity index (χ1) is 21.2. The number of rotatable bonds is 13. The molecule has 0 spiro atoms. The zero-order chi connectivity index (χ0) is 32.8. The maximum atomic E-state index is 12.8. The molecule has 1 fully saturated rings. The highest BCUT2D eigenvalue weighted by Crippen LogP contribution is 2.48. The highest BCUT2D eigenvalue weighted by molar-refractivity contribution is 6.34. The van der Waals surface area contributed by atoms with E-state index in [-0.39, 0.29) is 30.4 Å².